The molecule has 4 aromatic rings. The van der Waals surface area contributed by atoms with Crippen LogP contribution >= 0.6 is 0 Å². The van der Waals surface area contributed by atoms with E-state index in [1.54, 1.807) is 38.1 Å². The highest BCUT2D eigenvalue weighted by Crippen LogP contribution is 2.31. The Hall–Kier alpha value is -4.56. The van der Waals surface area contributed by atoms with E-state index in [2.05, 4.69) is 20.2 Å². The predicted molar refractivity (Wildman–Crippen MR) is 131 cm³/mol. The maximum absolute atomic E-state index is 12.6. The molecule has 0 aromatic carbocycles. The van der Waals surface area contributed by atoms with Crippen LogP contribution in [0.2, 0.25) is 0 Å². The van der Waals surface area contributed by atoms with Crippen LogP contribution in [0.15, 0.2) is 61.4 Å². The van der Waals surface area contributed by atoms with Gasteiger partial charge in [0, 0.05) is 50.4 Å². The molecule has 0 fully saturated rings. The third kappa shape index (κ3) is 8.46. The van der Waals surface area contributed by atoms with E-state index in [1.807, 2.05) is 0 Å². The fourth-order valence-electron chi connectivity index (χ4n) is 3.61. The van der Waals surface area contributed by atoms with E-state index in [-0.39, 0.29) is 18.6 Å². The van der Waals surface area contributed by atoms with Crippen molar-refractivity contribution >= 4 is 11.8 Å². The first kappa shape index (κ1) is 31.0. The van der Waals surface area contributed by atoms with E-state index in [1.165, 1.54) is 23.1 Å². The van der Waals surface area contributed by atoms with E-state index in [4.69, 9.17) is 4.74 Å². The molecule has 0 spiro atoms. The van der Waals surface area contributed by atoms with Crippen molar-refractivity contribution < 1.29 is 40.7 Å². The van der Waals surface area contributed by atoms with E-state index in [0.29, 0.717) is 16.7 Å². The van der Waals surface area contributed by atoms with Gasteiger partial charge in [-0.2, -0.15) is 36.5 Å². The van der Waals surface area contributed by atoms with Crippen molar-refractivity contribution in [2.75, 3.05) is 6.61 Å². The highest BCUT2D eigenvalue weighted by molar-refractivity contribution is 6.08. The molecule has 9 nitrogen and oxygen atoms in total. The maximum Gasteiger partial charge on any atom is 0.433 e. The summed E-state index contributed by atoms with van der Waals surface area (Å²) in [7, 11) is 3.36. The largest absolute Gasteiger partial charge is 0.466 e. The minimum Gasteiger partial charge on any atom is -0.466 e. The number of aryl methyl sites for hydroxylation is 2. The molecule has 0 aliphatic carbocycles. The number of esters is 1. The number of aromatic nitrogens is 6. The molecule has 4 rings (SSSR count). The molecule has 0 aliphatic rings. The van der Waals surface area contributed by atoms with Crippen molar-refractivity contribution in [2.24, 2.45) is 14.1 Å². The molecule has 0 saturated carbocycles. The van der Waals surface area contributed by atoms with Crippen LogP contribution in [0.1, 0.15) is 57.7 Å². The minimum atomic E-state index is -4.50. The van der Waals surface area contributed by atoms with Crippen LogP contribution in [0.5, 0.6) is 0 Å². The number of carbonyl (C=O) groups is 2. The van der Waals surface area contributed by atoms with Gasteiger partial charge in [0.1, 0.15) is 11.4 Å². The van der Waals surface area contributed by atoms with E-state index >= 15 is 0 Å². The quantitative estimate of drug-likeness (QED) is 0.172. The lowest BCUT2D eigenvalue weighted by molar-refractivity contribution is -0.143. The Morgan fingerprint density at radius 1 is 0.780 bits per heavy atom. The van der Waals surface area contributed by atoms with Gasteiger partial charge in [0.15, 0.2) is 5.78 Å². The number of carbonyl (C=O) groups excluding carboxylic acids is 2. The lowest BCUT2D eigenvalue weighted by Gasteiger charge is -2.15. The zero-order chi connectivity index (χ0) is 30.4. The van der Waals surface area contributed by atoms with Crippen LogP contribution in [0.4, 0.5) is 26.3 Å². The molecule has 218 valence electrons. The van der Waals surface area contributed by atoms with Crippen molar-refractivity contribution in [1.82, 2.24) is 29.5 Å². The average molecular weight is 583 g/mol. The first-order valence-electron chi connectivity index (χ1n) is 11.9. The highest BCUT2D eigenvalue weighted by atomic mass is 19.4. The van der Waals surface area contributed by atoms with Crippen LogP contribution in [0.3, 0.4) is 0 Å². The number of halogens is 6. The number of ketones is 1. The molecular weight excluding hydrogens is 558 g/mol. The van der Waals surface area contributed by atoms with Crippen molar-refractivity contribution in [1.29, 1.82) is 0 Å². The molecule has 0 N–H and O–H groups in total. The molecule has 1 atom stereocenters. The molecule has 15 heteroatoms. The number of hydrogen-bond donors (Lipinski definition) is 0. The van der Waals surface area contributed by atoms with Gasteiger partial charge in [-0.3, -0.25) is 28.9 Å². The number of alkyl halides is 6. The summed E-state index contributed by atoms with van der Waals surface area (Å²) >= 11 is 0. The molecule has 4 aromatic heterocycles. The van der Waals surface area contributed by atoms with Crippen LogP contribution in [0, 0.1) is 0 Å². The Balaban J connectivity index is 0.000000232. The second kappa shape index (κ2) is 12.7. The molecule has 0 saturated heterocycles. The van der Waals surface area contributed by atoms with Crippen LogP contribution < -0.4 is 0 Å². The Bertz CT molecular complexity index is 1460. The molecule has 0 aliphatic heterocycles. The Kier molecular flexibility index (Phi) is 9.63. The molecular formula is C26H24F6N6O3. The topological polar surface area (TPSA) is 105 Å². The van der Waals surface area contributed by atoms with Gasteiger partial charge < -0.3 is 4.74 Å². The Morgan fingerprint density at radius 2 is 1.37 bits per heavy atom. The summed E-state index contributed by atoms with van der Waals surface area (Å²) in [5.74, 6) is -1.30. The van der Waals surface area contributed by atoms with Crippen molar-refractivity contribution in [3.05, 3.63) is 95.1 Å². The smallest absolute Gasteiger partial charge is 0.433 e. The van der Waals surface area contributed by atoms with E-state index < -0.39 is 41.4 Å². The maximum atomic E-state index is 12.6. The van der Waals surface area contributed by atoms with E-state index in [0.717, 1.165) is 30.6 Å². The minimum absolute atomic E-state index is 0.00653. The molecule has 41 heavy (non-hydrogen) atoms. The summed E-state index contributed by atoms with van der Waals surface area (Å²) in [4.78, 5) is 30.3. The van der Waals surface area contributed by atoms with Crippen LogP contribution in [0.25, 0.3) is 0 Å². The fourth-order valence-corrected chi connectivity index (χ4v) is 3.61. The normalized spacial score (nSPS) is 12.3. The van der Waals surface area contributed by atoms with Gasteiger partial charge in [-0.1, -0.05) is 6.07 Å². The number of nitrogens with zero attached hydrogens (tertiary/aromatic N) is 6. The molecule has 4 heterocycles. The van der Waals surface area contributed by atoms with Gasteiger partial charge in [0.05, 0.1) is 31.0 Å². The van der Waals surface area contributed by atoms with Gasteiger partial charge in [0.25, 0.3) is 0 Å². The summed E-state index contributed by atoms with van der Waals surface area (Å²) in [6.07, 6.45) is -0.826. The Morgan fingerprint density at radius 3 is 1.80 bits per heavy atom. The second-order valence-electron chi connectivity index (χ2n) is 8.65. The molecule has 0 bridgehead atoms. The summed E-state index contributed by atoms with van der Waals surface area (Å²) < 4.78 is 82.6. The molecule has 0 amide bonds. The van der Waals surface area contributed by atoms with Gasteiger partial charge in [-0.05, 0) is 36.2 Å². The van der Waals surface area contributed by atoms with Gasteiger partial charge >= 0.3 is 18.3 Å². The SMILES string of the molecule is CCOC(=O)CC(c1ccc(C(F)(F)F)nc1)c1cnn(C)c1.Cn1cc(C(=O)c2ccc(C(F)(F)F)nc2)cn1. The van der Waals surface area contributed by atoms with Crippen LogP contribution in [-0.4, -0.2) is 47.9 Å². The number of ether oxygens (including phenoxy) is 1. The zero-order valence-corrected chi connectivity index (χ0v) is 21.9. The number of pyridine rings is 2. The highest BCUT2D eigenvalue weighted by Gasteiger charge is 2.33. The van der Waals surface area contributed by atoms with Crippen LogP contribution in [-0.2, 0) is 36.0 Å². The second-order valence-corrected chi connectivity index (χ2v) is 8.65. The van der Waals surface area contributed by atoms with Gasteiger partial charge in [-0.25, -0.2) is 0 Å². The summed E-state index contributed by atoms with van der Waals surface area (Å²) in [5, 5.41) is 7.85. The van der Waals surface area contributed by atoms with Crippen molar-refractivity contribution in [3.8, 4) is 0 Å². The van der Waals surface area contributed by atoms with Crippen molar-refractivity contribution in [2.45, 2.75) is 31.6 Å². The summed E-state index contributed by atoms with van der Waals surface area (Å²) in [6.45, 7) is 1.93. The third-order valence-corrected chi connectivity index (χ3v) is 5.57. The van der Waals surface area contributed by atoms with E-state index in [9.17, 15) is 35.9 Å². The Labute approximate surface area is 229 Å². The average Bonchev–Trinajstić information content (AvgIpc) is 3.54. The molecule has 1 unspecified atom stereocenters. The lowest BCUT2D eigenvalue weighted by atomic mass is 9.91. The number of rotatable bonds is 7. The van der Waals surface area contributed by atoms with Gasteiger partial charge in [0.2, 0.25) is 0 Å². The fraction of sp³-hybridized carbons (Fsp3) is 0.308. The number of hydrogen-bond acceptors (Lipinski definition) is 7. The summed E-state index contributed by atoms with van der Waals surface area (Å²) in [5.41, 5.74) is -0.385. The summed E-state index contributed by atoms with van der Waals surface area (Å²) in [6, 6.07) is 4.12. The third-order valence-electron chi connectivity index (χ3n) is 5.57. The first-order valence-corrected chi connectivity index (χ1v) is 11.9. The van der Waals surface area contributed by atoms with Crippen molar-refractivity contribution in [3.63, 3.8) is 0 Å². The van der Waals surface area contributed by atoms with Gasteiger partial charge in [-0.15, -0.1) is 0 Å². The standard InChI is InChI=1S/C15H16F3N3O2.C11H8F3N3O/c1-3-23-14(22)6-12(11-8-20-21(2)9-11)10-4-5-13(19-7-10)15(16,17)18;1-17-6-8(5-16-17)10(18)7-2-3-9(15-4-7)11(12,13)14/h4-5,7-9,12H,3,6H2,1-2H3;2-6H,1H3. The first-order chi connectivity index (χ1) is 19.2. The molecule has 0 radical (unpaired) electrons. The predicted octanol–water partition coefficient (Wildman–Crippen LogP) is 4.98. The lowest BCUT2D eigenvalue weighted by Crippen LogP contribution is -2.13. The zero-order valence-electron chi connectivity index (χ0n) is 21.9. The monoisotopic (exact) mass is 582 g/mol.